The lowest BCUT2D eigenvalue weighted by Crippen LogP contribution is -2.42. The molecule has 1 heterocycles. The molecular formula is C16H23IN4O3S2. The maximum absolute atomic E-state index is 12.0. The highest BCUT2D eigenvalue weighted by Gasteiger charge is 2.13. The fraction of sp³-hybridized carbons (Fsp3) is 0.312. The zero-order chi connectivity index (χ0) is 18.0. The molecule has 26 heavy (non-hydrogen) atoms. The third-order valence-corrected chi connectivity index (χ3v) is 5.96. The maximum Gasteiger partial charge on any atom is 0.250 e. The van der Waals surface area contributed by atoms with Gasteiger partial charge in [0.2, 0.25) is 10.0 Å². The van der Waals surface area contributed by atoms with Crippen LogP contribution in [0.4, 0.5) is 0 Å². The molecule has 0 bridgehead atoms. The first-order chi connectivity index (χ1) is 12.1. The van der Waals surface area contributed by atoms with Gasteiger partial charge in [-0.15, -0.1) is 35.3 Å². The first-order valence-electron chi connectivity index (χ1n) is 7.77. The standard InChI is InChI=1S/C16H22N4O3S2.HI/c1-17-16(19-11-12-23-14-6-3-2-4-7-14)18-9-10-20-25(21,22)15-8-5-13-24-15;/h2-8,13,20H,9-12H2,1H3,(H2,17,18,19);1H. The Morgan fingerprint density at radius 3 is 2.46 bits per heavy atom. The van der Waals surface area contributed by atoms with E-state index in [2.05, 4.69) is 20.3 Å². The predicted molar refractivity (Wildman–Crippen MR) is 116 cm³/mol. The molecule has 0 spiro atoms. The summed E-state index contributed by atoms with van der Waals surface area (Å²) >= 11 is 1.19. The van der Waals surface area contributed by atoms with E-state index in [0.29, 0.717) is 29.9 Å². The highest BCUT2D eigenvalue weighted by molar-refractivity contribution is 14.0. The summed E-state index contributed by atoms with van der Waals surface area (Å²) in [6, 6.07) is 12.8. The van der Waals surface area contributed by atoms with Gasteiger partial charge >= 0.3 is 0 Å². The van der Waals surface area contributed by atoms with Crippen molar-refractivity contribution in [2.75, 3.05) is 33.3 Å². The number of benzene rings is 1. The van der Waals surface area contributed by atoms with Crippen molar-refractivity contribution in [3.63, 3.8) is 0 Å². The molecule has 0 unspecified atom stereocenters. The average molecular weight is 510 g/mol. The lowest BCUT2D eigenvalue weighted by molar-refractivity contribution is 0.322. The second-order valence-corrected chi connectivity index (χ2v) is 7.86. The zero-order valence-electron chi connectivity index (χ0n) is 14.3. The van der Waals surface area contributed by atoms with E-state index in [4.69, 9.17) is 4.74 Å². The van der Waals surface area contributed by atoms with E-state index in [1.165, 1.54) is 11.3 Å². The van der Waals surface area contributed by atoms with E-state index >= 15 is 0 Å². The maximum atomic E-state index is 12.0. The molecule has 0 radical (unpaired) electrons. The number of hydrogen-bond donors (Lipinski definition) is 3. The van der Waals surface area contributed by atoms with Crippen LogP contribution in [0.1, 0.15) is 0 Å². The molecule has 10 heteroatoms. The van der Waals surface area contributed by atoms with E-state index in [1.54, 1.807) is 24.6 Å². The van der Waals surface area contributed by atoms with E-state index in [-0.39, 0.29) is 30.5 Å². The molecule has 1 aromatic heterocycles. The summed E-state index contributed by atoms with van der Waals surface area (Å²) in [7, 11) is -1.77. The number of sulfonamides is 1. The zero-order valence-corrected chi connectivity index (χ0v) is 18.3. The van der Waals surface area contributed by atoms with Gasteiger partial charge in [0.25, 0.3) is 0 Å². The van der Waals surface area contributed by atoms with Crippen molar-refractivity contribution < 1.29 is 13.2 Å². The molecule has 0 fully saturated rings. The molecule has 7 nitrogen and oxygen atoms in total. The van der Waals surface area contributed by atoms with Crippen LogP contribution < -0.4 is 20.1 Å². The number of hydrogen-bond acceptors (Lipinski definition) is 5. The number of halogens is 1. The van der Waals surface area contributed by atoms with Crippen LogP contribution in [0.25, 0.3) is 0 Å². The number of ether oxygens (including phenoxy) is 1. The minimum absolute atomic E-state index is 0. The Morgan fingerprint density at radius 1 is 1.08 bits per heavy atom. The van der Waals surface area contributed by atoms with Gasteiger partial charge in [-0.05, 0) is 23.6 Å². The number of thiophene rings is 1. The summed E-state index contributed by atoms with van der Waals surface area (Å²) in [5.41, 5.74) is 0. The van der Waals surface area contributed by atoms with Gasteiger partial charge in [0, 0.05) is 20.1 Å². The summed E-state index contributed by atoms with van der Waals surface area (Å²) in [5.74, 6) is 1.40. The van der Waals surface area contributed by atoms with Crippen LogP contribution in [0, 0.1) is 0 Å². The first-order valence-corrected chi connectivity index (χ1v) is 10.1. The number of rotatable bonds is 9. The van der Waals surface area contributed by atoms with Crippen LogP contribution in [0.2, 0.25) is 0 Å². The fourth-order valence-corrected chi connectivity index (χ4v) is 4.00. The second kappa shape index (κ2) is 12.1. The quantitative estimate of drug-likeness (QED) is 0.208. The van der Waals surface area contributed by atoms with Crippen LogP contribution in [0.15, 0.2) is 57.0 Å². The van der Waals surface area contributed by atoms with Gasteiger partial charge in [0.1, 0.15) is 16.6 Å². The fourth-order valence-electron chi connectivity index (χ4n) is 1.93. The minimum atomic E-state index is -3.42. The van der Waals surface area contributed by atoms with E-state index in [1.807, 2.05) is 30.3 Å². The van der Waals surface area contributed by atoms with Gasteiger partial charge < -0.3 is 15.4 Å². The molecule has 0 atom stereocenters. The van der Waals surface area contributed by atoms with Crippen LogP contribution in [0.3, 0.4) is 0 Å². The van der Waals surface area contributed by atoms with Crippen LogP contribution in [0.5, 0.6) is 5.75 Å². The summed E-state index contributed by atoms with van der Waals surface area (Å²) in [6.45, 7) is 1.76. The molecule has 144 valence electrons. The third-order valence-electron chi connectivity index (χ3n) is 3.10. The van der Waals surface area contributed by atoms with Crippen molar-refractivity contribution in [2.24, 2.45) is 4.99 Å². The van der Waals surface area contributed by atoms with Crippen molar-refractivity contribution in [1.29, 1.82) is 0 Å². The number of guanidine groups is 1. The Labute approximate surface area is 175 Å². The van der Waals surface area contributed by atoms with E-state index in [9.17, 15) is 8.42 Å². The van der Waals surface area contributed by atoms with Crippen molar-refractivity contribution >= 4 is 51.3 Å². The molecule has 0 saturated heterocycles. The Bertz CT molecular complexity index is 753. The molecule has 2 rings (SSSR count). The van der Waals surface area contributed by atoms with Gasteiger partial charge in [0.15, 0.2) is 5.96 Å². The highest BCUT2D eigenvalue weighted by Crippen LogP contribution is 2.14. The topological polar surface area (TPSA) is 91.8 Å². The third kappa shape index (κ3) is 7.89. The Morgan fingerprint density at radius 2 is 1.81 bits per heavy atom. The second-order valence-electron chi connectivity index (χ2n) is 4.92. The normalized spacial score (nSPS) is 11.5. The van der Waals surface area contributed by atoms with Gasteiger partial charge in [-0.25, -0.2) is 13.1 Å². The van der Waals surface area contributed by atoms with Crippen molar-refractivity contribution in [2.45, 2.75) is 4.21 Å². The van der Waals surface area contributed by atoms with Crippen molar-refractivity contribution in [3.8, 4) is 5.75 Å². The number of aliphatic imine (C=N–C) groups is 1. The largest absolute Gasteiger partial charge is 0.492 e. The molecule has 2 aromatic rings. The van der Waals surface area contributed by atoms with Gasteiger partial charge in [-0.1, -0.05) is 24.3 Å². The molecule has 1 aromatic carbocycles. The predicted octanol–water partition coefficient (Wildman–Crippen LogP) is 1.89. The Balaban J connectivity index is 0.00000338. The van der Waals surface area contributed by atoms with Gasteiger partial charge in [0.05, 0.1) is 6.54 Å². The first kappa shape index (κ1) is 22.7. The van der Waals surface area contributed by atoms with Crippen LogP contribution in [-0.4, -0.2) is 47.7 Å². The van der Waals surface area contributed by atoms with E-state index < -0.39 is 10.0 Å². The molecule has 0 aliphatic carbocycles. The molecule has 0 amide bonds. The van der Waals surface area contributed by atoms with Crippen molar-refractivity contribution in [1.82, 2.24) is 15.4 Å². The van der Waals surface area contributed by atoms with Crippen LogP contribution >= 0.6 is 35.3 Å². The molecular weight excluding hydrogens is 487 g/mol. The smallest absolute Gasteiger partial charge is 0.250 e. The summed E-state index contributed by atoms with van der Waals surface area (Å²) in [6.07, 6.45) is 0. The van der Waals surface area contributed by atoms with E-state index in [0.717, 1.165) is 5.75 Å². The SMILES string of the molecule is CN=C(NCCNS(=O)(=O)c1cccs1)NCCOc1ccccc1.I. The number of nitrogens with zero attached hydrogens (tertiary/aromatic N) is 1. The van der Waals surface area contributed by atoms with Crippen molar-refractivity contribution in [3.05, 3.63) is 47.8 Å². The Kier molecular flexibility index (Phi) is 10.5. The number of para-hydroxylation sites is 1. The molecule has 3 N–H and O–H groups in total. The lowest BCUT2D eigenvalue weighted by Gasteiger charge is -2.12. The molecule has 0 saturated carbocycles. The summed E-state index contributed by atoms with van der Waals surface area (Å²) in [5, 5.41) is 7.88. The summed E-state index contributed by atoms with van der Waals surface area (Å²) in [4.78, 5) is 4.08. The highest BCUT2D eigenvalue weighted by atomic mass is 127. The van der Waals surface area contributed by atoms with Crippen LogP contribution in [-0.2, 0) is 10.0 Å². The minimum Gasteiger partial charge on any atom is -0.492 e. The Hall–Kier alpha value is -1.37. The monoisotopic (exact) mass is 510 g/mol. The molecule has 0 aliphatic rings. The molecule has 0 aliphatic heterocycles. The van der Waals surface area contributed by atoms with Gasteiger partial charge in [-0.2, -0.15) is 0 Å². The van der Waals surface area contributed by atoms with Gasteiger partial charge in [-0.3, -0.25) is 4.99 Å². The summed E-state index contributed by atoms with van der Waals surface area (Å²) < 4.78 is 32.4. The lowest BCUT2D eigenvalue weighted by atomic mass is 10.3. The average Bonchev–Trinajstić information content (AvgIpc) is 3.17. The number of nitrogens with one attached hydrogen (secondary N) is 3.